The first-order valence-electron chi connectivity index (χ1n) is 8.55. The van der Waals surface area contributed by atoms with Gasteiger partial charge < -0.3 is 19.7 Å². The van der Waals surface area contributed by atoms with Crippen LogP contribution in [0.25, 0.3) is 0 Å². The fraction of sp³-hybridized carbons (Fsp3) is 0.588. The van der Waals surface area contributed by atoms with Gasteiger partial charge in [0.1, 0.15) is 11.3 Å². The van der Waals surface area contributed by atoms with Crippen molar-refractivity contribution in [2.24, 2.45) is 5.92 Å². The molecule has 0 radical (unpaired) electrons. The van der Waals surface area contributed by atoms with Crippen molar-refractivity contribution in [3.8, 4) is 5.75 Å². The van der Waals surface area contributed by atoms with E-state index in [-0.39, 0.29) is 17.3 Å². The first kappa shape index (κ1) is 16.3. The summed E-state index contributed by atoms with van der Waals surface area (Å²) in [7, 11) is 1.25. The zero-order valence-electron chi connectivity index (χ0n) is 13.9. The smallest absolute Gasteiger partial charge is 0.526 e. The van der Waals surface area contributed by atoms with Crippen molar-refractivity contribution in [3.63, 3.8) is 0 Å². The highest BCUT2D eigenvalue weighted by Gasteiger charge is 2.54. The van der Waals surface area contributed by atoms with Crippen LogP contribution in [0.15, 0.2) is 17.0 Å². The third-order valence-electron chi connectivity index (χ3n) is 5.61. The minimum atomic E-state index is -0.976. The molecule has 0 amide bonds. The van der Waals surface area contributed by atoms with Crippen LogP contribution in [0.2, 0.25) is 5.82 Å². The zero-order chi connectivity index (χ0) is 17.0. The first-order chi connectivity index (χ1) is 11.5. The highest BCUT2D eigenvalue weighted by atomic mass is 32.2. The maximum atomic E-state index is 11.9. The molecule has 7 heteroatoms. The number of carbonyl (C=O) groups is 1. The summed E-state index contributed by atoms with van der Waals surface area (Å²) in [6, 6.07) is 3.92. The number of hydrogen-bond donors (Lipinski definition) is 2. The fourth-order valence-electron chi connectivity index (χ4n) is 4.04. The van der Waals surface area contributed by atoms with E-state index < -0.39 is 13.1 Å². The highest BCUT2D eigenvalue weighted by molar-refractivity contribution is 8.00. The summed E-state index contributed by atoms with van der Waals surface area (Å²) in [5.74, 6) is 0.357. The Morgan fingerprint density at radius 1 is 1.50 bits per heavy atom. The lowest BCUT2D eigenvalue weighted by atomic mass is 9.77. The number of thioether (sulfide) groups is 1. The predicted molar refractivity (Wildman–Crippen MR) is 94.0 cm³/mol. The topological polar surface area (TPSA) is 70.0 Å². The summed E-state index contributed by atoms with van der Waals surface area (Å²) in [4.78, 5) is 15.0. The van der Waals surface area contributed by atoms with E-state index >= 15 is 0 Å². The molecule has 5 nitrogen and oxygen atoms in total. The molecule has 4 rings (SSSR count). The number of carboxylic acid groups (broad SMARTS) is 1. The Balaban J connectivity index is 1.64. The molecule has 1 aliphatic carbocycles. The molecule has 2 N–H and O–H groups in total. The lowest BCUT2D eigenvalue weighted by Crippen LogP contribution is -2.27. The van der Waals surface area contributed by atoms with E-state index in [9.17, 15) is 14.9 Å². The molecule has 4 unspecified atom stereocenters. The summed E-state index contributed by atoms with van der Waals surface area (Å²) < 4.78 is 5.60. The highest BCUT2D eigenvalue weighted by Crippen LogP contribution is 2.60. The summed E-state index contributed by atoms with van der Waals surface area (Å²) >= 11 is 1.62. The van der Waals surface area contributed by atoms with Gasteiger partial charge in [0.05, 0.1) is 0 Å². The number of carboxylic acids is 1. The molecule has 1 saturated heterocycles. The molecule has 2 aliphatic heterocycles. The van der Waals surface area contributed by atoms with E-state index in [4.69, 9.17) is 4.65 Å². The maximum absolute atomic E-state index is 11.9. The molecule has 1 aromatic carbocycles. The van der Waals surface area contributed by atoms with Gasteiger partial charge in [0.2, 0.25) is 0 Å². The third-order valence-corrected chi connectivity index (χ3v) is 6.96. The molecule has 1 saturated carbocycles. The van der Waals surface area contributed by atoms with Crippen LogP contribution >= 0.6 is 11.8 Å². The van der Waals surface area contributed by atoms with Crippen LogP contribution in [0.5, 0.6) is 5.75 Å². The molecule has 3 aliphatic rings. The molecule has 2 fully saturated rings. The summed E-state index contributed by atoms with van der Waals surface area (Å²) in [5.41, 5.74) is 1.17. The average Bonchev–Trinajstić information content (AvgIpc) is 3.22. The molecule has 0 bridgehead atoms. The van der Waals surface area contributed by atoms with E-state index in [1.165, 1.54) is 0 Å². The second-order valence-corrected chi connectivity index (χ2v) is 8.73. The van der Waals surface area contributed by atoms with Crippen molar-refractivity contribution in [1.29, 1.82) is 0 Å². The van der Waals surface area contributed by atoms with Crippen LogP contribution in [0.3, 0.4) is 0 Å². The number of aromatic carboxylic acids is 1. The standard InChI is InChI=1S/C17H22BNO4S/c1-9(10-5-6-19(2)8-10)24-14-4-3-11-12-7-13(12)18(22)23-16(11)15(14)17(20)21/h3-4,9-10,12-13,22H,5-8H2,1-2H3,(H,20,21). The van der Waals surface area contributed by atoms with Gasteiger partial charge in [-0.05, 0) is 49.9 Å². The van der Waals surface area contributed by atoms with Crippen molar-refractivity contribution in [1.82, 2.24) is 4.90 Å². The number of hydrogen-bond acceptors (Lipinski definition) is 5. The van der Waals surface area contributed by atoms with E-state index in [2.05, 4.69) is 18.9 Å². The quantitative estimate of drug-likeness (QED) is 0.644. The number of fused-ring (bicyclic) bond motifs is 3. The van der Waals surface area contributed by atoms with Crippen molar-refractivity contribution in [3.05, 3.63) is 23.3 Å². The van der Waals surface area contributed by atoms with Crippen molar-refractivity contribution < 1.29 is 19.6 Å². The second-order valence-electron chi connectivity index (χ2n) is 7.31. The fourth-order valence-corrected chi connectivity index (χ4v) is 5.30. The van der Waals surface area contributed by atoms with Crippen LogP contribution < -0.4 is 4.65 Å². The SMILES string of the molecule is CC(Sc1ccc2c(c1C(=O)O)OB(O)C1CC21)C1CCN(C)C1. The van der Waals surface area contributed by atoms with Crippen LogP contribution in [0.4, 0.5) is 0 Å². The first-order valence-corrected chi connectivity index (χ1v) is 9.43. The minimum absolute atomic E-state index is 0.130. The summed E-state index contributed by atoms with van der Waals surface area (Å²) in [6.07, 6.45) is 2.03. The Morgan fingerprint density at radius 3 is 2.96 bits per heavy atom. The molecular weight excluding hydrogens is 325 g/mol. The van der Waals surface area contributed by atoms with Crippen molar-refractivity contribution in [2.45, 2.75) is 41.6 Å². The second kappa shape index (κ2) is 5.97. The van der Waals surface area contributed by atoms with Gasteiger partial charge in [-0.15, -0.1) is 11.8 Å². The van der Waals surface area contributed by atoms with E-state index in [0.29, 0.717) is 16.9 Å². The largest absolute Gasteiger partial charge is 0.535 e. The van der Waals surface area contributed by atoms with Gasteiger partial charge in [0, 0.05) is 22.5 Å². The minimum Gasteiger partial charge on any atom is -0.535 e. The predicted octanol–water partition coefficient (Wildman–Crippen LogP) is 2.55. The third kappa shape index (κ3) is 2.72. The Kier molecular flexibility index (Phi) is 4.05. The monoisotopic (exact) mass is 347 g/mol. The van der Waals surface area contributed by atoms with Crippen LogP contribution in [0, 0.1) is 5.92 Å². The molecule has 0 spiro atoms. The van der Waals surface area contributed by atoms with Gasteiger partial charge in [-0.2, -0.15) is 0 Å². The lowest BCUT2D eigenvalue weighted by Gasteiger charge is -2.24. The van der Waals surface area contributed by atoms with Gasteiger partial charge >= 0.3 is 13.1 Å². The van der Waals surface area contributed by atoms with Crippen LogP contribution in [-0.2, 0) is 0 Å². The molecular formula is C17H22BNO4S. The van der Waals surface area contributed by atoms with Crippen molar-refractivity contribution in [2.75, 3.05) is 20.1 Å². The number of benzene rings is 1. The molecule has 1 aromatic rings. The van der Waals surface area contributed by atoms with Gasteiger partial charge in [-0.1, -0.05) is 13.0 Å². The Hall–Kier alpha value is -1.18. The molecule has 0 aromatic heterocycles. The van der Waals surface area contributed by atoms with E-state index in [1.54, 1.807) is 11.8 Å². The van der Waals surface area contributed by atoms with E-state index in [0.717, 1.165) is 36.4 Å². The lowest BCUT2D eigenvalue weighted by molar-refractivity contribution is 0.0690. The molecule has 24 heavy (non-hydrogen) atoms. The van der Waals surface area contributed by atoms with Gasteiger partial charge in [0.15, 0.2) is 0 Å². The van der Waals surface area contributed by atoms with Crippen LogP contribution in [-0.4, -0.2) is 53.5 Å². The Morgan fingerprint density at radius 2 is 2.29 bits per heavy atom. The molecule has 4 atom stereocenters. The van der Waals surface area contributed by atoms with Crippen molar-refractivity contribution >= 4 is 24.8 Å². The number of likely N-dealkylation sites (tertiary alicyclic amines) is 1. The maximum Gasteiger partial charge on any atom is 0.526 e. The van der Waals surface area contributed by atoms with Gasteiger partial charge in [-0.25, -0.2) is 4.79 Å². The van der Waals surface area contributed by atoms with Crippen LogP contribution in [0.1, 0.15) is 41.6 Å². The Labute approximate surface area is 146 Å². The normalized spacial score (nSPS) is 29.6. The Bertz CT molecular complexity index is 685. The zero-order valence-corrected chi connectivity index (χ0v) is 14.8. The van der Waals surface area contributed by atoms with E-state index in [1.807, 2.05) is 12.1 Å². The van der Waals surface area contributed by atoms with Gasteiger partial charge in [0.25, 0.3) is 0 Å². The summed E-state index contributed by atoms with van der Waals surface area (Å²) in [5, 5.41) is 20.1. The average molecular weight is 347 g/mol. The molecule has 2 heterocycles. The number of rotatable bonds is 4. The van der Waals surface area contributed by atoms with Gasteiger partial charge in [-0.3, -0.25) is 0 Å². The summed E-state index contributed by atoms with van der Waals surface area (Å²) in [6.45, 7) is 4.33. The number of nitrogens with zero attached hydrogens (tertiary/aromatic N) is 1. The molecule has 128 valence electrons.